The summed E-state index contributed by atoms with van der Waals surface area (Å²) in [6.45, 7) is 0.0286. The second-order valence-electron chi connectivity index (χ2n) is 6.99. The van der Waals surface area contributed by atoms with Crippen LogP contribution in [-0.4, -0.2) is 23.5 Å². The minimum atomic E-state index is -0.984. The van der Waals surface area contributed by atoms with Gasteiger partial charge in [-0.1, -0.05) is 55.3 Å². The van der Waals surface area contributed by atoms with Crippen molar-refractivity contribution >= 4 is 22.6 Å². The van der Waals surface area contributed by atoms with Gasteiger partial charge < -0.3 is 10.4 Å². The van der Waals surface area contributed by atoms with E-state index in [1.165, 1.54) is 0 Å². The van der Waals surface area contributed by atoms with E-state index in [0.29, 0.717) is 19.3 Å². The van der Waals surface area contributed by atoms with Crippen molar-refractivity contribution in [1.82, 2.24) is 5.32 Å². The van der Waals surface area contributed by atoms with Gasteiger partial charge in [0.1, 0.15) is 5.41 Å². The maximum Gasteiger partial charge on any atom is 0.308 e. The predicted octanol–water partition coefficient (Wildman–Crippen LogP) is 3.28. The van der Waals surface area contributed by atoms with Crippen LogP contribution in [-0.2, 0) is 16.0 Å². The minimum Gasteiger partial charge on any atom is -0.481 e. The standard InChI is InChI=1S/C21H22N2O3/c22-14-21(10-3-4-11-21)20(26)23-13-17(19(24)25)12-16-8-5-7-15-6-1-2-9-18(15)16/h1-2,5-9,17H,3-4,10-13H2,(H,23,26)(H,24,25). The van der Waals surface area contributed by atoms with E-state index in [9.17, 15) is 20.0 Å². The Morgan fingerprint density at radius 3 is 2.54 bits per heavy atom. The molecule has 2 N–H and O–H groups in total. The molecule has 1 aliphatic rings. The number of carboxylic acid groups (broad SMARTS) is 1. The van der Waals surface area contributed by atoms with Crippen molar-refractivity contribution in [1.29, 1.82) is 5.26 Å². The van der Waals surface area contributed by atoms with Crippen LogP contribution in [0, 0.1) is 22.7 Å². The summed E-state index contributed by atoms with van der Waals surface area (Å²) >= 11 is 0. The zero-order valence-electron chi connectivity index (χ0n) is 14.6. The summed E-state index contributed by atoms with van der Waals surface area (Å²) < 4.78 is 0. The van der Waals surface area contributed by atoms with Crippen LogP contribution in [0.4, 0.5) is 0 Å². The van der Waals surface area contributed by atoms with Gasteiger partial charge >= 0.3 is 5.97 Å². The minimum absolute atomic E-state index is 0.0286. The number of rotatable bonds is 6. The molecule has 2 aromatic carbocycles. The first-order valence-electron chi connectivity index (χ1n) is 8.95. The number of carbonyl (C=O) groups is 2. The van der Waals surface area contributed by atoms with Gasteiger partial charge in [-0.25, -0.2) is 0 Å². The Morgan fingerprint density at radius 2 is 1.85 bits per heavy atom. The second kappa shape index (κ2) is 7.57. The number of carbonyl (C=O) groups excluding carboxylic acids is 1. The lowest BCUT2D eigenvalue weighted by Gasteiger charge is -2.21. The Bertz CT molecular complexity index is 858. The fourth-order valence-electron chi connectivity index (χ4n) is 3.74. The van der Waals surface area contributed by atoms with Gasteiger partial charge in [0.15, 0.2) is 0 Å². The molecule has 1 aliphatic carbocycles. The molecule has 26 heavy (non-hydrogen) atoms. The fourth-order valence-corrected chi connectivity index (χ4v) is 3.74. The van der Waals surface area contributed by atoms with E-state index in [1.54, 1.807) is 0 Å². The summed E-state index contributed by atoms with van der Waals surface area (Å²) in [5, 5.41) is 23.8. The van der Waals surface area contributed by atoms with Crippen molar-refractivity contribution < 1.29 is 14.7 Å². The highest BCUT2D eigenvalue weighted by Gasteiger charge is 2.41. The molecule has 0 radical (unpaired) electrons. The summed E-state index contributed by atoms with van der Waals surface area (Å²) in [4.78, 5) is 24.2. The number of amides is 1. The molecule has 0 heterocycles. The topological polar surface area (TPSA) is 90.2 Å². The van der Waals surface area contributed by atoms with Crippen LogP contribution in [0.5, 0.6) is 0 Å². The molecule has 134 valence electrons. The number of aliphatic carboxylic acids is 1. The summed E-state index contributed by atoms with van der Waals surface area (Å²) in [5.74, 6) is -2.01. The number of nitriles is 1. The Labute approximate surface area is 152 Å². The number of nitrogens with zero attached hydrogens (tertiary/aromatic N) is 1. The fraction of sp³-hybridized carbons (Fsp3) is 0.381. The van der Waals surface area contributed by atoms with Crippen molar-refractivity contribution in [3.63, 3.8) is 0 Å². The van der Waals surface area contributed by atoms with E-state index >= 15 is 0 Å². The van der Waals surface area contributed by atoms with E-state index in [1.807, 2.05) is 42.5 Å². The van der Waals surface area contributed by atoms with Crippen LogP contribution in [0.3, 0.4) is 0 Å². The first kappa shape index (κ1) is 17.9. The molecule has 0 aliphatic heterocycles. The Kier molecular flexibility index (Phi) is 5.22. The quantitative estimate of drug-likeness (QED) is 0.836. The van der Waals surface area contributed by atoms with Gasteiger partial charge in [0.2, 0.25) is 5.91 Å². The first-order valence-corrected chi connectivity index (χ1v) is 8.95. The van der Waals surface area contributed by atoms with Crippen molar-refractivity contribution in [2.45, 2.75) is 32.1 Å². The third-order valence-corrected chi connectivity index (χ3v) is 5.31. The number of benzene rings is 2. The molecule has 2 aromatic rings. The van der Waals surface area contributed by atoms with Gasteiger partial charge in [-0.3, -0.25) is 9.59 Å². The number of carboxylic acids is 1. The highest BCUT2D eigenvalue weighted by Crippen LogP contribution is 2.37. The first-order chi connectivity index (χ1) is 12.6. The van der Waals surface area contributed by atoms with Gasteiger partial charge in [0.25, 0.3) is 0 Å². The van der Waals surface area contributed by atoms with E-state index in [-0.39, 0.29) is 12.5 Å². The molecule has 0 saturated heterocycles. The van der Waals surface area contributed by atoms with Crippen LogP contribution in [0.25, 0.3) is 10.8 Å². The largest absolute Gasteiger partial charge is 0.481 e. The molecule has 1 amide bonds. The lowest BCUT2D eigenvalue weighted by Crippen LogP contribution is -2.42. The third-order valence-electron chi connectivity index (χ3n) is 5.31. The SMILES string of the molecule is N#CC1(C(=O)NCC(Cc2cccc3ccccc23)C(=O)O)CCCC1. The molecule has 1 unspecified atom stereocenters. The van der Waals surface area contributed by atoms with Gasteiger partial charge in [-0.05, 0) is 35.6 Å². The summed E-state index contributed by atoms with van der Waals surface area (Å²) in [7, 11) is 0. The predicted molar refractivity (Wildman–Crippen MR) is 98.3 cm³/mol. The number of hydrogen-bond donors (Lipinski definition) is 2. The average molecular weight is 350 g/mol. The van der Waals surface area contributed by atoms with Crippen LogP contribution in [0.15, 0.2) is 42.5 Å². The molecule has 1 saturated carbocycles. The maximum absolute atomic E-state index is 12.5. The van der Waals surface area contributed by atoms with Crippen molar-refractivity contribution in [2.75, 3.05) is 6.54 Å². The molecule has 5 heteroatoms. The Hall–Kier alpha value is -2.87. The third kappa shape index (κ3) is 3.55. The summed E-state index contributed by atoms with van der Waals surface area (Å²) in [5.41, 5.74) is -0.0386. The number of fused-ring (bicyclic) bond motifs is 1. The molecule has 1 atom stereocenters. The van der Waals surface area contributed by atoms with Gasteiger partial charge in [0, 0.05) is 6.54 Å². The lowest BCUT2D eigenvalue weighted by molar-refractivity contribution is -0.141. The van der Waals surface area contributed by atoms with Crippen LogP contribution < -0.4 is 5.32 Å². The van der Waals surface area contributed by atoms with Crippen LogP contribution in [0.2, 0.25) is 0 Å². The Balaban J connectivity index is 1.73. The summed E-state index contributed by atoms with van der Waals surface area (Å²) in [6, 6.07) is 15.8. The number of nitrogens with one attached hydrogen (secondary N) is 1. The average Bonchev–Trinajstić information content (AvgIpc) is 3.15. The van der Waals surface area contributed by atoms with E-state index in [4.69, 9.17) is 0 Å². The second-order valence-corrected chi connectivity index (χ2v) is 6.99. The molecule has 0 aromatic heterocycles. The van der Waals surface area contributed by atoms with Gasteiger partial charge in [0.05, 0.1) is 12.0 Å². The summed E-state index contributed by atoms with van der Waals surface area (Å²) in [6.07, 6.45) is 3.15. The number of hydrogen-bond acceptors (Lipinski definition) is 3. The van der Waals surface area contributed by atoms with Gasteiger partial charge in [-0.2, -0.15) is 5.26 Å². The highest BCUT2D eigenvalue weighted by molar-refractivity contribution is 5.87. The lowest BCUT2D eigenvalue weighted by atomic mass is 9.86. The van der Waals surface area contributed by atoms with Crippen LogP contribution in [0.1, 0.15) is 31.2 Å². The molecular formula is C21H22N2O3. The highest BCUT2D eigenvalue weighted by atomic mass is 16.4. The molecule has 1 fully saturated rings. The maximum atomic E-state index is 12.5. The van der Waals surface area contributed by atoms with E-state index in [2.05, 4.69) is 11.4 Å². The van der Waals surface area contributed by atoms with Crippen molar-refractivity contribution in [2.24, 2.45) is 11.3 Å². The monoisotopic (exact) mass is 350 g/mol. The smallest absolute Gasteiger partial charge is 0.308 e. The molecular weight excluding hydrogens is 328 g/mol. The van der Waals surface area contributed by atoms with Crippen LogP contribution >= 0.6 is 0 Å². The molecule has 0 spiro atoms. The Morgan fingerprint density at radius 1 is 1.15 bits per heavy atom. The van der Waals surface area contributed by atoms with Crippen molar-refractivity contribution in [3.05, 3.63) is 48.0 Å². The van der Waals surface area contributed by atoms with Crippen molar-refractivity contribution in [3.8, 4) is 6.07 Å². The van der Waals surface area contributed by atoms with Gasteiger partial charge in [-0.15, -0.1) is 0 Å². The zero-order valence-corrected chi connectivity index (χ0v) is 14.6. The molecule has 5 nitrogen and oxygen atoms in total. The normalized spacial score (nSPS) is 16.7. The molecule has 3 rings (SSSR count). The van der Waals surface area contributed by atoms with E-state index < -0.39 is 17.3 Å². The van der Waals surface area contributed by atoms with E-state index in [0.717, 1.165) is 29.2 Å². The molecule has 0 bridgehead atoms. The zero-order chi connectivity index (χ0) is 18.6.